The molecule has 0 fully saturated rings. The van der Waals surface area contributed by atoms with Gasteiger partial charge in [-0.05, 0) is 52.4 Å². The van der Waals surface area contributed by atoms with Gasteiger partial charge in [-0.1, -0.05) is 5.11 Å². The van der Waals surface area contributed by atoms with Crippen molar-refractivity contribution in [3.63, 3.8) is 0 Å². The first-order chi connectivity index (χ1) is 8.74. The van der Waals surface area contributed by atoms with Crippen LogP contribution in [0, 0.1) is 3.57 Å². The zero-order chi connectivity index (χ0) is 13.2. The Morgan fingerprint density at radius 2 is 2.11 bits per heavy atom. The Morgan fingerprint density at radius 1 is 1.39 bits per heavy atom. The topological polar surface area (TPSA) is 87.1 Å². The summed E-state index contributed by atoms with van der Waals surface area (Å²) in [6.45, 7) is 1.50. The largest absolute Gasteiger partial charge is 0.379 e. The molecule has 0 bridgehead atoms. The van der Waals surface area contributed by atoms with Gasteiger partial charge in [0.1, 0.15) is 0 Å². The summed E-state index contributed by atoms with van der Waals surface area (Å²) in [6, 6.07) is 7.32. The Kier molecular flexibility index (Phi) is 7.16. The Labute approximate surface area is 118 Å². The zero-order valence-corrected chi connectivity index (χ0v) is 11.8. The summed E-state index contributed by atoms with van der Waals surface area (Å²) in [5.74, 6) is -0.120. The lowest BCUT2D eigenvalue weighted by atomic mass is 10.2. The number of rotatable bonds is 7. The van der Waals surface area contributed by atoms with Crippen molar-refractivity contribution in [1.29, 1.82) is 0 Å². The van der Waals surface area contributed by atoms with E-state index in [0.717, 1.165) is 3.57 Å². The minimum atomic E-state index is -0.120. The highest BCUT2D eigenvalue weighted by Crippen LogP contribution is 2.06. The quantitative estimate of drug-likeness (QED) is 0.267. The van der Waals surface area contributed by atoms with Crippen LogP contribution in [0.3, 0.4) is 0 Å². The normalized spacial score (nSPS) is 9.61. The number of carbonyl (C=O) groups is 1. The molecule has 0 radical (unpaired) electrons. The van der Waals surface area contributed by atoms with E-state index in [4.69, 9.17) is 10.3 Å². The highest BCUT2D eigenvalue weighted by Gasteiger charge is 2.03. The van der Waals surface area contributed by atoms with E-state index in [1.807, 2.05) is 12.1 Å². The Bertz CT molecular complexity index is 429. The molecule has 1 amide bonds. The van der Waals surface area contributed by atoms with Crippen LogP contribution < -0.4 is 5.32 Å². The molecule has 0 saturated carbocycles. The van der Waals surface area contributed by atoms with Crippen molar-refractivity contribution in [3.05, 3.63) is 43.8 Å². The van der Waals surface area contributed by atoms with E-state index < -0.39 is 0 Å². The average Bonchev–Trinajstić information content (AvgIpc) is 2.38. The number of hydrogen-bond donors (Lipinski definition) is 1. The molecule has 96 valence electrons. The molecular formula is C11H13IN4O2. The fourth-order valence-corrected chi connectivity index (χ4v) is 1.55. The molecule has 0 unspecified atom stereocenters. The molecule has 0 heterocycles. The lowest BCUT2D eigenvalue weighted by molar-refractivity contribution is 0.0920. The van der Waals surface area contributed by atoms with Gasteiger partial charge in [-0.25, -0.2) is 0 Å². The van der Waals surface area contributed by atoms with Gasteiger partial charge in [-0.15, -0.1) is 0 Å². The predicted molar refractivity (Wildman–Crippen MR) is 76.3 cm³/mol. The molecule has 1 N–H and O–H groups in total. The summed E-state index contributed by atoms with van der Waals surface area (Å²) >= 11 is 2.18. The smallest absolute Gasteiger partial charge is 0.251 e. The molecular weight excluding hydrogens is 343 g/mol. The van der Waals surface area contributed by atoms with Gasteiger partial charge in [0.15, 0.2) is 0 Å². The van der Waals surface area contributed by atoms with Crippen molar-refractivity contribution in [3.8, 4) is 0 Å². The summed E-state index contributed by atoms with van der Waals surface area (Å²) in [7, 11) is 0. The molecule has 1 rings (SSSR count). The van der Waals surface area contributed by atoms with Crippen molar-refractivity contribution in [2.45, 2.75) is 0 Å². The number of ether oxygens (including phenoxy) is 1. The SMILES string of the molecule is [N-]=[N+]=NCCOCCNC(=O)c1ccc([123I])cc1. The van der Waals surface area contributed by atoms with Crippen molar-refractivity contribution in [2.24, 2.45) is 5.11 Å². The molecule has 1 aromatic rings. The fraction of sp³-hybridized carbons (Fsp3) is 0.364. The molecule has 0 spiro atoms. The van der Waals surface area contributed by atoms with Gasteiger partial charge in [-0.3, -0.25) is 4.79 Å². The summed E-state index contributed by atoms with van der Waals surface area (Å²) in [4.78, 5) is 14.3. The third-order valence-electron chi connectivity index (χ3n) is 2.04. The van der Waals surface area contributed by atoms with E-state index in [-0.39, 0.29) is 5.91 Å². The number of nitrogens with zero attached hydrogens (tertiary/aromatic N) is 3. The van der Waals surface area contributed by atoms with Gasteiger partial charge in [0.25, 0.3) is 5.91 Å². The maximum Gasteiger partial charge on any atom is 0.251 e. The Morgan fingerprint density at radius 3 is 2.78 bits per heavy atom. The number of hydrogen-bond acceptors (Lipinski definition) is 3. The van der Waals surface area contributed by atoms with E-state index >= 15 is 0 Å². The van der Waals surface area contributed by atoms with Crippen molar-refractivity contribution in [1.82, 2.24) is 5.32 Å². The van der Waals surface area contributed by atoms with Crippen molar-refractivity contribution in [2.75, 3.05) is 26.3 Å². The number of amides is 1. The van der Waals surface area contributed by atoms with E-state index in [9.17, 15) is 4.79 Å². The molecule has 0 saturated heterocycles. The van der Waals surface area contributed by atoms with E-state index in [2.05, 4.69) is 37.9 Å². The number of halogens is 1. The molecule has 6 nitrogen and oxygen atoms in total. The lowest BCUT2D eigenvalue weighted by Crippen LogP contribution is -2.27. The van der Waals surface area contributed by atoms with Gasteiger partial charge in [0.05, 0.1) is 13.2 Å². The predicted octanol–water partition coefficient (Wildman–Crippen LogP) is 2.35. The number of nitrogens with one attached hydrogen (secondary N) is 1. The summed E-state index contributed by atoms with van der Waals surface area (Å²) in [6.07, 6.45) is 0. The second-order valence-corrected chi connectivity index (χ2v) is 4.58. The van der Waals surface area contributed by atoms with Crippen LogP contribution in [0.4, 0.5) is 0 Å². The van der Waals surface area contributed by atoms with Crippen LogP contribution in [0.25, 0.3) is 10.4 Å². The van der Waals surface area contributed by atoms with Gasteiger partial charge >= 0.3 is 0 Å². The van der Waals surface area contributed by atoms with Crippen LogP contribution in [0.5, 0.6) is 0 Å². The Balaban J connectivity index is 2.17. The standard InChI is InChI=1S/C11H13IN4O2/c12-10-3-1-9(2-4-10)11(17)14-5-7-18-8-6-15-16-13/h1-4H,5-8H2,(H,14,17)/i12-4. The van der Waals surface area contributed by atoms with E-state index in [1.165, 1.54) is 0 Å². The first-order valence-electron chi connectivity index (χ1n) is 5.36. The first-order valence-corrected chi connectivity index (χ1v) is 6.44. The molecule has 0 atom stereocenters. The van der Waals surface area contributed by atoms with Crippen LogP contribution in [0.15, 0.2) is 29.4 Å². The fourth-order valence-electron chi connectivity index (χ4n) is 1.19. The first kappa shape index (κ1) is 14.7. The zero-order valence-electron chi connectivity index (χ0n) is 9.67. The van der Waals surface area contributed by atoms with Crippen LogP contribution in [0.1, 0.15) is 10.4 Å². The summed E-state index contributed by atoms with van der Waals surface area (Å²) in [5, 5.41) is 6.07. The van der Waals surface area contributed by atoms with E-state index in [1.54, 1.807) is 12.1 Å². The molecule has 0 aliphatic carbocycles. The van der Waals surface area contributed by atoms with Crippen LogP contribution >= 0.6 is 22.6 Å². The molecule has 0 aliphatic heterocycles. The van der Waals surface area contributed by atoms with Gasteiger partial charge in [-0.2, -0.15) is 0 Å². The number of benzene rings is 1. The minimum absolute atomic E-state index is 0.120. The Hall–Kier alpha value is -1.31. The van der Waals surface area contributed by atoms with Crippen molar-refractivity contribution >= 4 is 28.5 Å². The molecule has 0 aromatic heterocycles. The second-order valence-electron chi connectivity index (χ2n) is 3.33. The minimum Gasteiger partial charge on any atom is -0.379 e. The number of azide groups is 1. The maximum absolute atomic E-state index is 11.7. The van der Waals surface area contributed by atoms with Crippen LogP contribution in [-0.4, -0.2) is 32.2 Å². The molecule has 18 heavy (non-hydrogen) atoms. The van der Waals surface area contributed by atoms with Gasteiger partial charge < -0.3 is 10.1 Å². The third kappa shape index (κ3) is 5.85. The third-order valence-corrected chi connectivity index (χ3v) is 2.76. The second kappa shape index (κ2) is 8.73. The van der Waals surface area contributed by atoms with Gasteiger partial charge in [0.2, 0.25) is 0 Å². The lowest BCUT2D eigenvalue weighted by Gasteiger charge is -2.05. The summed E-state index contributed by atoms with van der Waals surface area (Å²) < 4.78 is 6.25. The van der Waals surface area contributed by atoms with Crippen molar-refractivity contribution < 1.29 is 9.53 Å². The highest BCUT2D eigenvalue weighted by molar-refractivity contribution is 14.1. The van der Waals surface area contributed by atoms with Crippen LogP contribution in [0.2, 0.25) is 0 Å². The average molecular weight is 356 g/mol. The maximum atomic E-state index is 11.7. The summed E-state index contributed by atoms with van der Waals surface area (Å²) in [5.41, 5.74) is 8.66. The molecule has 0 aliphatic rings. The van der Waals surface area contributed by atoms with Crippen LogP contribution in [-0.2, 0) is 4.74 Å². The number of carbonyl (C=O) groups excluding carboxylic acids is 1. The monoisotopic (exact) mass is 356 g/mol. The molecule has 1 aromatic carbocycles. The van der Waals surface area contributed by atoms with Gasteiger partial charge in [0, 0.05) is 27.1 Å². The van der Waals surface area contributed by atoms with E-state index in [0.29, 0.717) is 31.9 Å². The highest BCUT2D eigenvalue weighted by atomic mass is 123. The molecule has 7 heteroatoms.